The lowest BCUT2D eigenvalue weighted by Gasteiger charge is -2.32. The molecule has 0 bridgehead atoms. The van der Waals surface area contributed by atoms with E-state index in [0.717, 1.165) is 6.42 Å². The third-order valence-corrected chi connectivity index (χ3v) is 3.30. The molecule has 0 aliphatic carbocycles. The summed E-state index contributed by atoms with van der Waals surface area (Å²) in [6, 6.07) is -1.24. The molecule has 1 heterocycles. The number of carbonyl (C=O) groups excluding carboxylic acids is 1. The maximum atomic E-state index is 12.1. The first-order chi connectivity index (χ1) is 9.25. The van der Waals surface area contributed by atoms with Crippen LogP contribution in [0.4, 0.5) is 4.79 Å². The van der Waals surface area contributed by atoms with Gasteiger partial charge in [-0.15, -0.1) is 0 Å². The summed E-state index contributed by atoms with van der Waals surface area (Å²) < 4.78 is 5.05. The SMILES string of the molecule is COCC1=CCN(C(=O)NC(C(=O)O)C(C)(C)C)CC1. The fraction of sp³-hybridized carbons (Fsp3) is 0.714. The number of carboxylic acids is 1. The van der Waals surface area contributed by atoms with Crippen LogP contribution in [0, 0.1) is 5.41 Å². The molecule has 0 saturated heterocycles. The minimum atomic E-state index is -1.02. The molecule has 6 heteroatoms. The molecule has 0 aromatic heterocycles. The highest BCUT2D eigenvalue weighted by Crippen LogP contribution is 2.20. The van der Waals surface area contributed by atoms with Crippen LogP contribution in [-0.2, 0) is 9.53 Å². The van der Waals surface area contributed by atoms with Crippen molar-refractivity contribution in [3.05, 3.63) is 11.6 Å². The number of ether oxygens (including phenoxy) is 1. The lowest BCUT2D eigenvalue weighted by Crippen LogP contribution is -2.54. The van der Waals surface area contributed by atoms with Crippen molar-refractivity contribution in [3.8, 4) is 0 Å². The second-order valence-electron chi connectivity index (χ2n) is 6.08. The average Bonchev–Trinajstić information content (AvgIpc) is 2.35. The average molecular weight is 284 g/mol. The van der Waals surface area contributed by atoms with E-state index in [4.69, 9.17) is 4.74 Å². The van der Waals surface area contributed by atoms with Gasteiger partial charge >= 0.3 is 12.0 Å². The third-order valence-electron chi connectivity index (χ3n) is 3.30. The molecule has 1 atom stereocenters. The number of carboxylic acid groups (broad SMARTS) is 1. The number of hydrogen-bond donors (Lipinski definition) is 2. The van der Waals surface area contributed by atoms with Gasteiger partial charge in [-0.25, -0.2) is 9.59 Å². The fourth-order valence-electron chi connectivity index (χ4n) is 2.08. The van der Waals surface area contributed by atoms with E-state index in [2.05, 4.69) is 5.32 Å². The molecule has 1 rings (SSSR count). The van der Waals surface area contributed by atoms with Crippen molar-refractivity contribution in [1.29, 1.82) is 0 Å². The normalized spacial score (nSPS) is 17.4. The Balaban J connectivity index is 2.61. The van der Waals surface area contributed by atoms with E-state index in [9.17, 15) is 14.7 Å². The van der Waals surface area contributed by atoms with Crippen molar-refractivity contribution in [2.75, 3.05) is 26.8 Å². The van der Waals surface area contributed by atoms with Crippen LogP contribution in [0.2, 0.25) is 0 Å². The molecular formula is C14H24N2O4. The first-order valence-corrected chi connectivity index (χ1v) is 6.70. The number of amides is 2. The molecule has 114 valence electrons. The number of nitrogens with one attached hydrogen (secondary N) is 1. The van der Waals surface area contributed by atoms with Gasteiger partial charge in [0.25, 0.3) is 0 Å². The van der Waals surface area contributed by atoms with E-state index in [-0.39, 0.29) is 6.03 Å². The largest absolute Gasteiger partial charge is 0.480 e. The lowest BCUT2D eigenvalue weighted by atomic mass is 9.87. The summed E-state index contributed by atoms with van der Waals surface area (Å²) in [6.45, 7) is 7.02. The van der Waals surface area contributed by atoms with Gasteiger partial charge in [-0.1, -0.05) is 26.8 Å². The quantitative estimate of drug-likeness (QED) is 0.766. The molecule has 20 heavy (non-hydrogen) atoms. The van der Waals surface area contributed by atoms with Crippen molar-refractivity contribution in [1.82, 2.24) is 10.2 Å². The van der Waals surface area contributed by atoms with Crippen LogP contribution in [0.25, 0.3) is 0 Å². The van der Waals surface area contributed by atoms with Crippen LogP contribution in [0.1, 0.15) is 27.2 Å². The third kappa shape index (κ3) is 4.52. The van der Waals surface area contributed by atoms with Crippen molar-refractivity contribution in [3.63, 3.8) is 0 Å². The number of hydrogen-bond acceptors (Lipinski definition) is 3. The summed E-state index contributed by atoms with van der Waals surface area (Å²) in [6.07, 6.45) is 2.72. The van der Waals surface area contributed by atoms with E-state index in [1.807, 2.05) is 6.08 Å². The van der Waals surface area contributed by atoms with Gasteiger partial charge in [0.05, 0.1) is 6.61 Å². The minimum Gasteiger partial charge on any atom is -0.480 e. The monoisotopic (exact) mass is 284 g/mol. The van der Waals surface area contributed by atoms with Crippen LogP contribution < -0.4 is 5.32 Å². The molecule has 0 aromatic rings. The molecular weight excluding hydrogens is 260 g/mol. The Hall–Kier alpha value is -1.56. The summed E-state index contributed by atoms with van der Waals surface area (Å²) in [4.78, 5) is 25.0. The molecule has 1 aliphatic rings. The number of methoxy groups -OCH3 is 1. The second kappa shape index (κ2) is 6.74. The van der Waals surface area contributed by atoms with Crippen molar-refractivity contribution in [2.24, 2.45) is 5.41 Å². The van der Waals surface area contributed by atoms with E-state index in [0.29, 0.717) is 19.7 Å². The predicted molar refractivity (Wildman–Crippen MR) is 75.6 cm³/mol. The Morgan fingerprint density at radius 2 is 2.15 bits per heavy atom. The standard InChI is InChI=1S/C14H24N2O4/c1-14(2,3)11(12(17)18)15-13(19)16-7-5-10(6-8-16)9-20-4/h5,11H,6-9H2,1-4H3,(H,15,19)(H,17,18). The number of nitrogens with zero attached hydrogens (tertiary/aromatic N) is 1. The summed E-state index contributed by atoms with van der Waals surface area (Å²) in [5.74, 6) is -1.02. The lowest BCUT2D eigenvalue weighted by molar-refractivity contribution is -0.142. The van der Waals surface area contributed by atoms with Gasteiger partial charge in [-0.05, 0) is 17.4 Å². The van der Waals surface area contributed by atoms with Crippen LogP contribution in [0.15, 0.2) is 11.6 Å². The molecule has 0 fully saturated rings. The smallest absolute Gasteiger partial charge is 0.326 e. The van der Waals surface area contributed by atoms with Crippen molar-refractivity contribution in [2.45, 2.75) is 33.2 Å². The number of carbonyl (C=O) groups is 2. The molecule has 0 spiro atoms. The highest BCUT2D eigenvalue weighted by Gasteiger charge is 2.33. The molecule has 0 radical (unpaired) electrons. The Bertz CT molecular complexity index is 398. The Labute approximate surface area is 119 Å². The molecule has 0 saturated carbocycles. The molecule has 2 amide bonds. The van der Waals surface area contributed by atoms with Crippen LogP contribution in [0.5, 0.6) is 0 Å². The van der Waals surface area contributed by atoms with E-state index < -0.39 is 17.4 Å². The Morgan fingerprint density at radius 3 is 2.55 bits per heavy atom. The van der Waals surface area contributed by atoms with Crippen molar-refractivity contribution >= 4 is 12.0 Å². The molecule has 6 nitrogen and oxygen atoms in total. The summed E-state index contributed by atoms with van der Waals surface area (Å²) in [5.41, 5.74) is 0.635. The van der Waals surface area contributed by atoms with Gasteiger partial charge < -0.3 is 20.1 Å². The fourth-order valence-corrected chi connectivity index (χ4v) is 2.08. The van der Waals surface area contributed by atoms with Crippen molar-refractivity contribution < 1.29 is 19.4 Å². The van der Waals surface area contributed by atoms with Crippen LogP contribution >= 0.6 is 0 Å². The predicted octanol–water partition coefficient (Wildman–Crippen LogP) is 1.47. The first kappa shape index (κ1) is 16.5. The van der Waals surface area contributed by atoms with Gasteiger partial charge in [-0.3, -0.25) is 0 Å². The van der Waals surface area contributed by atoms with E-state index in [1.54, 1.807) is 32.8 Å². The first-order valence-electron chi connectivity index (χ1n) is 6.70. The molecule has 1 aliphatic heterocycles. The summed E-state index contributed by atoms with van der Waals surface area (Å²) in [7, 11) is 1.64. The van der Waals surface area contributed by atoms with E-state index in [1.165, 1.54) is 5.57 Å². The van der Waals surface area contributed by atoms with Crippen LogP contribution in [-0.4, -0.2) is 54.9 Å². The maximum absolute atomic E-state index is 12.1. The topological polar surface area (TPSA) is 78.9 Å². The van der Waals surface area contributed by atoms with Gasteiger partial charge in [0.2, 0.25) is 0 Å². The van der Waals surface area contributed by atoms with Gasteiger partial charge in [0, 0.05) is 20.2 Å². The molecule has 0 aromatic carbocycles. The highest BCUT2D eigenvalue weighted by atomic mass is 16.5. The maximum Gasteiger partial charge on any atom is 0.326 e. The Morgan fingerprint density at radius 1 is 1.50 bits per heavy atom. The Kier molecular flexibility index (Phi) is 5.56. The van der Waals surface area contributed by atoms with Crippen LogP contribution in [0.3, 0.4) is 0 Å². The van der Waals surface area contributed by atoms with E-state index >= 15 is 0 Å². The number of aliphatic carboxylic acids is 1. The zero-order chi connectivity index (χ0) is 15.3. The van der Waals surface area contributed by atoms with Gasteiger partial charge in [0.1, 0.15) is 6.04 Å². The number of rotatable bonds is 4. The van der Waals surface area contributed by atoms with Gasteiger partial charge in [0.15, 0.2) is 0 Å². The molecule has 1 unspecified atom stereocenters. The van der Waals surface area contributed by atoms with Gasteiger partial charge in [-0.2, -0.15) is 0 Å². The summed E-state index contributed by atoms with van der Waals surface area (Å²) in [5, 5.41) is 11.8. The molecule has 2 N–H and O–H groups in total. The zero-order valence-electron chi connectivity index (χ0n) is 12.6. The second-order valence-corrected chi connectivity index (χ2v) is 6.08. The minimum absolute atomic E-state index is 0.333. The summed E-state index contributed by atoms with van der Waals surface area (Å²) >= 11 is 0. The highest BCUT2D eigenvalue weighted by molar-refractivity contribution is 5.83. The number of urea groups is 1. The zero-order valence-corrected chi connectivity index (χ0v) is 12.6.